The smallest absolute Gasteiger partial charge is 0.337 e. The van der Waals surface area contributed by atoms with Gasteiger partial charge in [-0.2, -0.15) is 8.42 Å². The second-order valence-electron chi connectivity index (χ2n) is 5.63. The van der Waals surface area contributed by atoms with E-state index in [4.69, 9.17) is 0 Å². The number of carbonyl (C=O) groups is 1. The molecular weight excluding hydrogens is 356 g/mol. The van der Waals surface area contributed by atoms with Gasteiger partial charge < -0.3 is 5.11 Å². The standard InChI is InChI=1S/C18H14N2O5S/c1-11-6-9-15(16(10-11)26(23,24)25)19-20-17-13-5-3-2-4-12(13)7-8-14(17)18(21)22/h2-10H,1H3,(H,21,22)(H,23,24,25). The van der Waals surface area contributed by atoms with Crippen molar-refractivity contribution in [1.29, 1.82) is 0 Å². The minimum Gasteiger partial charge on any atom is -0.478 e. The molecule has 26 heavy (non-hydrogen) atoms. The van der Waals surface area contributed by atoms with E-state index in [1.54, 1.807) is 43.3 Å². The summed E-state index contributed by atoms with van der Waals surface area (Å²) < 4.78 is 32.5. The predicted octanol–water partition coefficient (Wildman–Crippen LogP) is 4.51. The summed E-state index contributed by atoms with van der Waals surface area (Å²) in [6, 6.07) is 14.4. The fourth-order valence-corrected chi connectivity index (χ4v) is 3.26. The minimum atomic E-state index is -4.50. The summed E-state index contributed by atoms with van der Waals surface area (Å²) in [5, 5.41) is 18.6. The van der Waals surface area contributed by atoms with Crippen LogP contribution >= 0.6 is 0 Å². The third-order valence-electron chi connectivity index (χ3n) is 3.78. The number of hydrogen-bond acceptors (Lipinski definition) is 5. The first kappa shape index (κ1) is 17.7. The van der Waals surface area contributed by atoms with Crippen molar-refractivity contribution in [3.05, 3.63) is 65.7 Å². The Balaban J connectivity index is 2.22. The molecule has 0 amide bonds. The quantitative estimate of drug-likeness (QED) is 0.518. The van der Waals surface area contributed by atoms with Gasteiger partial charge in [-0.15, -0.1) is 10.2 Å². The molecule has 0 bridgehead atoms. The van der Waals surface area contributed by atoms with Gasteiger partial charge in [0.1, 0.15) is 16.3 Å². The Labute approximate surface area is 149 Å². The normalized spacial score (nSPS) is 11.9. The van der Waals surface area contributed by atoms with Gasteiger partial charge in [0.2, 0.25) is 0 Å². The van der Waals surface area contributed by atoms with Crippen molar-refractivity contribution in [2.45, 2.75) is 11.8 Å². The zero-order valence-electron chi connectivity index (χ0n) is 13.6. The maximum absolute atomic E-state index is 11.6. The summed E-state index contributed by atoms with van der Waals surface area (Å²) in [6.45, 7) is 1.67. The van der Waals surface area contributed by atoms with Crippen molar-refractivity contribution >= 4 is 38.2 Å². The molecule has 0 saturated heterocycles. The fraction of sp³-hybridized carbons (Fsp3) is 0.0556. The molecule has 0 atom stereocenters. The molecule has 0 radical (unpaired) electrons. The number of hydrogen-bond donors (Lipinski definition) is 2. The van der Waals surface area contributed by atoms with E-state index < -0.39 is 21.0 Å². The Morgan fingerprint density at radius 3 is 2.42 bits per heavy atom. The molecule has 0 saturated carbocycles. The van der Waals surface area contributed by atoms with Crippen LogP contribution < -0.4 is 0 Å². The van der Waals surface area contributed by atoms with Crippen molar-refractivity contribution in [2.24, 2.45) is 10.2 Å². The number of carboxylic acids is 1. The Morgan fingerprint density at radius 2 is 1.73 bits per heavy atom. The van der Waals surface area contributed by atoms with Crippen molar-refractivity contribution in [3.8, 4) is 0 Å². The summed E-state index contributed by atoms with van der Waals surface area (Å²) in [5.41, 5.74) is 0.584. The van der Waals surface area contributed by atoms with Crippen LogP contribution in [0.5, 0.6) is 0 Å². The lowest BCUT2D eigenvalue weighted by Crippen LogP contribution is -1.99. The highest BCUT2D eigenvalue weighted by Gasteiger charge is 2.17. The van der Waals surface area contributed by atoms with Gasteiger partial charge in [-0.3, -0.25) is 4.55 Å². The van der Waals surface area contributed by atoms with E-state index in [1.807, 2.05) is 0 Å². The molecule has 0 aliphatic carbocycles. The summed E-state index contributed by atoms with van der Waals surface area (Å²) in [6.07, 6.45) is 0. The number of nitrogens with zero attached hydrogens (tertiary/aromatic N) is 2. The summed E-state index contributed by atoms with van der Waals surface area (Å²) >= 11 is 0. The average Bonchev–Trinajstić information content (AvgIpc) is 2.59. The van der Waals surface area contributed by atoms with E-state index in [2.05, 4.69) is 10.2 Å². The van der Waals surface area contributed by atoms with Gasteiger partial charge in [0, 0.05) is 5.39 Å². The van der Waals surface area contributed by atoms with Gasteiger partial charge in [0.15, 0.2) is 0 Å². The molecule has 0 heterocycles. The number of rotatable bonds is 4. The van der Waals surface area contributed by atoms with Gasteiger partial charge >= 0.3 is 5.97 Å². The second kappa shape index (κ2) is 6.66. The average molecular weight is 370 g/mol. The van der Waals surface area contributed by atoms with Crippen LogP contribution in [0.2, 0.25) is 0 Å². The van der Waals surface area contributed by atoms with E-state index in [0.717, 1.165) is 5.39 Å². The molecule has 0 aliphatic heterocycles. The first-order valence-electron chi connectivity index (χ1n) is 7.52. The molecule has 8 heteroatoms. The molecule has 3 rings (SSSR count). The molecule has 0 fully saturated rings. The molecule has 2 N–H and O–H groups in total. The largest absolute Gasteiger partial charge is 0.478 e. The SMILES string of the molecule is Cc1ccc(N=Nc2c(C(=O)O)ccc3ccccc23)c(S(=O)(=O)O)c1. The van der Waals surface area contributed by atoms with Crippen LogP contribution in [0.1, 0.15) is 15.9 Å². The summed E-state index contributed by atoms with van der Waals surface area (Å²) in [7, 11) is -4.50. The maximum Gasteiger partial charge on any atom is 0.337 e. The van der Waals surface area contributed by atoms with Gasteiger partial charge in [0.25, 0.3) is 10.1 Å². The third kappa shape index (κ3) is 3.46. The van der Waals surface area contributed by atoms with Crippen LogP contribution in [0.25, 0.3) is 10.8 Å². The lowest BCUT2D eigenvalue weighted by molar-refractivity contribution is 0.0698. The number of carboxylic acid groups (broad SMARTS) is 1. The number of aryl methyl sites for hydroxylation is 1. The maximum atomic E-state index is 11.6. The van der Waals surface area contributed by atoms with Gasteiger partial charge in [-0.05, 0) is 36.1 Å². The first-order valence-corrected chi connectivity index (χ1v) is 8.96. The molecular formula is C18H14N2O5S. The molecule has 3 aromatic carbocycles. The Bertz CT molecular complexity index is 1150. The molecule has 132 valence electrons. The van der Waals surface area contributed by atoms with E-state index in [1.165, 1.54) is 18.2 Å². The summed E-state index contributed by atoms with van der Waals surface area (Å²) in [4.78, 5) is 11.1. The number of benzene rings is 3. The molecule has 0 spiro atoms. The van der Waals surface area contributed by atoms with E-state index in [9.17, 15) is 22.9 Å². The van der Waals surface area contributed by atoms with Crippen LogP contribution in [0.3, 0.4) is 0 Å². The zero-order valence-corrected chi connectivity index (χ0v) is 14.4. The third-order valence-corrected chi connectivity index (χ3v) is 4.66. The van der Waals surface area contributed by atoms with E-state index >= 15 is 0 Å². The van der Waals surface area contributed by atoms with Crippen molar-refractivity contribution in [2.75, 3.05) is 0 Å². The van der Waals surface area contributed by atoms with Crippen LogP contribution in [-0.4, -0.2) is 24.0 Å². The monoisotopic (exact) mass is 370 g/mol. The Hall–Kier alpha value is -3.10. The minimum absolute atomic E-state index is 0.0621. The van der Waals surface area contributed by atoms with Gasteiger partial charge in [-0.25, -0.2) is 4.79 Å². The fourth-order valence-electron chi connectivity index (χ4n) is 2.55. The predicted molar refractivity (Wildman–Crippen MR) is 96.1 cm³/mol. The molecule has 0 aliphatic rings. The Kier molecular flexibility index (Phi) is 4.54. The zero-order chi connectivity index (χ0) is 18.9. The molecule has 0 unspecified atom stereocenters. The first-order chi connectivity index (χ1) is 12.3. The van der Waals surface area contributed by atoms with Crippen LogP contribution in [0.15, 0.2) is 69.7 Å². The van der Waals surface area contributed by atoms with Crippen molar-refractivity contribution in [1.82, 2.24) is 0 Å². The van der Waals surface area contributed by atoms with E-state index in [0.29, 0.717) is 10.9 Å². The number of azo groups is 1. The van der Waals surface area contributed by atoms with Crippen molar-refractivity contribution < 1.29 is 22.9 Å². The van der Waals surface area contributed by atoms with Gasteiger partial charge in [0.05, 0.1) is 5.56 Å². The molecule has 0 aromatic heterocycles. The summed E-state index contributed by atoms with van der Waals surface area (Å²) in [5.74, 6) is -1.18. The number of aromatic carboxylic acids is 1. The highest BCUT2D eigenvalue weighted by molar-refractivity contribution is 7.86. The lowest BCUT2D eigenvalue weighted by atomic mass is 10.0. The molecule has 3 aromatic rings. The lowest BCUT2D eigenvalue weighted by Gasteiger charge is -2.06. The topological polar surface area (TPSA) is 116 Å². The Morgan fingerprint density at radius 1 is 1.00 bits per heavy atom. The highest BCUT2D eigenvalue weighted by atomic mass is 32.2. The highest BCUT2D eigenvalue weighted by Crippen LogP contribution is 2.33. The second-order valence-corrected chi connectivity index (χ2v) is 7.02. The van der Waals surface area contributed by atoms with Crippen molar-refractivity contribution in [3.63, 3.8) is 0 Å². The number of fused-ring (bicyclic) bond motifs is 1. The van der Waals surface area contributed by atoms with Crippen LogP contribution in [0.4, 0.5) is 11.4 Å². The molecule has 7 nitrogen and oxygen atoms in total. The van der Waals surface area contributed by atoms with Crippen LogP contribution in [0, 0.1) is 6.92 Å². The van der Waals surface area contributed by atoms with Gasteiger partial charge in [-0.1, -0.05) is 36.4 Å². The van der Waals surface area contributed by atoms with Crippen LogP contribution in [-0.2, 0) is 10.1 Å². The van der Waals surface area contributed by atoms with E-state index in [-0.39, 0.29) is 16.9 Å².